The number of hydrogen-bond acceptors (Lipinski definition) is 6. The number of anilines is 2. The second-order valence-corrected chi connectivity index (χ2v) is 8.02. The van der Waals surface area contributed by atoms with E-state index in [4.69, 9.17) is 27.7 Å². The van der Waals surface area contributed by atoms with E-state index in [0.29, 0.717) is 16.3 Å². The first-order valence-electron chi connectivity index (χ1n) is 7.38. The molecule has 0 fully saturated rings. The fraction of sp³-hybridized carbons (Fsp3) is 0.0625. The van der Waals surface area contributed by atoms with Crippen molar-refractivity contribution in [3.8, 4) is 11.3 Å². The minimum Gasteiger partial charge on any atom is -0.355 e. The molecule has 0 aliphatic rings. The van der Waals surface area contributed by atoms with E-state index in [0.717, 1.165) is 6.26 Å². The van der Waals surface area contributed by atoms with Crippen molar-refractivity contribution >= 4 is 50.5 Å². The minimum absolute atomic E-state index is 0.00233. The molecule has 11 heteroatoms. The predicted molar refractivity (Wildman–Crippen MR) is 103 cm³/mol. The van der Waals surface area contributed by atoms with Crippen LogP contribution in [0.15, 0.2) is 47.1 Å². The molecule has 0 aliphatic carbocycles. The molecule has 8 nitrogen and oxygen atoms in total. The second-order valence-electron chi connectivity index (χ2n) is 5.48. The lowest BCUT2D eigenvalue weighted by molar-refractivity contribution is 0.101. The first-order chi connectivity index (χ1) is 12.7. The van der Waals surface area contributed by atoms with E-state index in [1.54, 1.807) is 24.3 Å². The van der Waals surface area contributed by atoms with Crippen LogP contribution >= 0.6 is 23.2 Å². The number of amides is 1. The van der Waals surface area contributed by atoms with Gasteiger partial charge in [-0.2, -0.15) is 0 Å². The van der Waals surface area contributed by atoms with Gasteiger partial charge in [-0.25, -0.2) is 13.4 Å². The Morgan fingerprint density at radius 1 is 1.19 bits per heavy atom. The molecule has 1 amide bonds. The Kier molecular flexibility index (Phi) is 5.36. The number of halogens is 2. The molecule has 0 saturated carbocycles. The Labute approximate surface area is 164 Å². The zero-order chi connectivity index (χ0) is 19.6. The van der Waals surface area contributed by atoms with E-state index in [9.17, 15) is 13.2 Å². The van der Waals surface area contributed by atoms with Crippen molar-refractivity contribution < 1.29 is 17.7 Å². The van der Waals surface area contributed by atoms with E-state index in [-0.39, 0.29) is 22.3 Å². The number of rotatable bonds is 5. The number of carbonyl (C=O) groups is 1. The van der Waals surface area contributed by atoms with Crippen LogP contribution in [0.4, 0.5) is 11.4 Å². The van der Waals surface area contributed by atoms with Crippen LogP contribution in [0.1, 0.15) is 10.5 Å². The summed E-state index contributed by atoms with van der Waals surface area (Å²) in [4.78, 5) is 16.2. The maximum absolute atomic E-state index is 12.3. The topological polar surface area (TPSA) is 114 Å². The number of nitrogens with zero attached hydrogens (tertiary/aromatic N) is 2. The highest BCUT2D eigenvalue weighted by atomic mass is 35.5. The number of hydrogen-bond donors (Lipinski definition) is 2. The highest BCUT2D eigenvalue weighted by molar-refractivity contribution is 7.92. The number of nitrogens with one attached hydrogen (secondary N) is 2. The number of carbonyl (C=O) groups excluding carboxylic acids is 1. The lowest BCUT2D eigenvalue weighted by Crippen LogP contribution is -2.12. The number of benzene rings is 1. The number of aromatic nitrogens is 2. The fourth-order valence-corrected chi connectivity index (χ4v) is 3.03. The van der Waals surface area contributed by atoms with Crippen LogP contribution in [-0.4, -0.2) is 30.7 Å². The molecule has 0 bridgehead atoms. The molecule has 0 unspecified atom stereocenters. The van der Waals surface area contributed by atoms with Crippen molar-refractivity contribution in [1.29, 1.82) is 0 Å². The van der Waals surface area contributed by atoms with Gasteiger partial charge < -0.3 is 9.84 Å². The second kappa shape index (κ2) is 7.55. The van der Waals surface area contributed by atoms with Gasteiger partial charge >= 0.3 is 0 Å². The van der Waals surface area contributed by atoms with Gasteiger partial charge in [0, 0.05) is 23.5 Å². The number of pyridine rings is 1. The number of sulfonamides is 1. The van der Waals surface area contributed by atoms with Crippen molar-refractivity contribution in [2.45, 2.75) is 0 Å². The van der Waals surface area contributed by atoms with Crippen molar-refractivity contribution in [2.24, 2.45) is 0 Å². The molecular formula is C16H12Cl2N4O4S. The molecule has 140 valence electrons. The predicted octanol–water partition coefficient (Wildman–Crippen LogP) is 3.67. The van der Waals surface area contributed by atoms with E-state index in [2.05, 4.69) is 20.2 Å². The monoisotopic (exact) mass is 426 g/mol. The van der Waals surface area contributed by atoms with Gasteiger partial charge in [-0.05, 0) is 18.2 Å². The molecule has 0 radical (unpaired) electrons. The lowest BCUT2D eigenvalue weighted by atomic mass is 10.1. The van der Waals surface area contributed by atoms with Crippen LogP contribution < -0.4 is 10.0 Å². The van der Waals surface area contributed by atoms with Gasteiger partial charge in [0.25, 0.3) is 5.91 Å². The van der Waals surface area contributed by atoms with Crippen molar-refractivity contribution in [2.75, 3.05) is 16.3 Å². The summed E-state index contributed by atoms with van der Waals surface area (Å²) in [5.74, 6) is -0.283. The molecule has 3 rings (SSSR count). The molecule has 2 aromatic heterocycles. The van der Waals surface area contributed by atoms with Crippen LogP contribution in [0.5, 0.6) is 0 Å². The van der Waals surface area contributed by atoms with Crippen LogP contribution in [0.2, 0.25) is 10.2 Å². The quantitative estimate of drug-likeness (QED) is 0.601. The summed E-state index contributed by atoms with van der Waals surface area (Å²) in [6.45, 7) is 0. The van der Waals surface area contributed by atoms with Gasteiger partial charge in [0.1, 0.15) is 0 Å². The molecule has 1 aromatic carbocycles. The Hall–Kier alpha value is -2.62. The summed E-state index contributed by atoms with van der Waals surface area (Å²) in [7, 11) is -3.42. The Morgan fingerprint density at radius 3 is 2.70 bits per heavy atom. The zero-order valence-corrected chi connectivity index (χ0v) is 16.1. The Bertz CT molecular complexity index is 1120. The zero-order valence-electron chi connectivity index (χ0n) is 13.7. The average Bonchev–Trinajstić information content (AvgIpc) is 3.07. The smallest absolute Gasteiger partial charge is 0.277 e. The largest absolute Gasteiger partial charge is 0.355 e. The van der Waals surface area contributed by atoms with Gasteiger partial charge in [-0.1, -0.05) is 40.5 Å². The first kappa shape index (κ1) is 19.2. The van der Waals surface area contributed by atoms with E-state index in [1.165, 1.54) is 18.3 Å². The minimum atomic E-state index is -3.42. The molecule has 3 aromatic rings. The summed E-state index contributed by atoms with van der Waals surface area (Å²) in [5.41, 5.74) is 1.13. The molecule has 0 atom stereocenters. The van der Waals surface area contributed by atoms with Crippen molar-refractivity contribution in [1.82, 2.24) is 10.1 Å². The third-order valence-corrected chi connectivity index (χ3v) is 4.36. The normalized spacial score (nSPS) is 11.2. The SMILES string of the molecule is CS(=O)(=O)Nc1cccc(-c2cc(C(=O)Nc3cc(Cl)cnc3Cl)no2)c1. The van der Waals surface area contributed by atoms with Gasteiger partial charge in [0.15, 0.2) is 16.6 Å². The molecule has 27 heavy (non-hydrogen) atoms. The van der Waals surface area contributed by atoms with Gasteiger partial charge in [-0.3, -0.25) is 9.52 Å². The fourth-order valence-electron chi connectivity index (χ4n) is 2.16. The molecule has 0 saturated heterocycles. The average molecular weight is 427 g/mol. The maximum atomic E-state index is 12.3. The van der Waals surface area contributed by atoms with E-state index >= 15 is 0 Å². The molecule has 2 heterocycles. The summed E-state index contributed by atoms with van der Waals surface area (Å²) >= 11 is 11.8. The van der Waals surface area contributed by atoms with E-state index in [1.807, 2.05) is 0 Å². The van der Waals surface area contributed by atoms with Gasteiger partial charge in [0.05, 0.1) is 17.0 Å². The Morgan fingerprint density at radius 2 is 1.96 bits per heavy atom. The lowest BCUT2D eigenvalue weighted by Gasteiger charge is -2.05. The standard InChI is InChI=1S/C16H12Cl2N4O4S/c1-27(24,25)22-11-4-2-3-9(5-11)14-7-13(21-26-14)16(23)20-12-6-10(17)8-19-15(12)18/h2-8,22H,1H3,(H,20,23). The van der Waals surface area contributed by atoms with E-state index < -0.39 is 15.9 Å². The molecule has 0 aliphatic heterocycles. The maximum Gasteiger partial charge on any atom is 0.277 e. The summed E-state index contributed by atoms with van der Waals surface area (Å²) in [5, 5.41) is 6.66. The molecule has 2 N–H and O–H groups in total. The molecule has 0 spiro atoms. The third-order valence-electron chi connectivity index (χ3n) is 3.25. The summed E-state index contributed by atoms with van der Waals surface area (Å²) < 4.78 is 30.2. The molecular weight excluding hydrogens is 415 g/mol. The van der Waals surface area contributed by atoms with Crippen LogP contribution in [0.25, 0.3) is 11.3 Å². The van der Waals surface area contributed by atoms with Gasteiger partial charge in [0.2, 0.25) is 10.0 Å². The van der Waals surface area contributed by atoms with Gasteiger partial charge in [-0.15, -0.1) is 0 Å². The van der Waals surface area contributed by atoms with Crippen LogP contribution in [-0.2, 0) is 10.0 Å². The van der Waals surface area contributed by atoms with Crippen LogP contribution in [0, 0.1) is 0 Å². The van der Waals surface area contributed by atoms with Crippen molar-refractivity contribution in [3.05, 3.63) is 58.5 Å². The first-order valence-corrected chi connectivity index (χ1v) is 10.0. The third kappa shape index (κ3) is 4.97. The highest BCUT2D eigenvalue weighted by Crippen LogP contribution is 2.26. The summed E-state index contributed by atoms with van der Waals surface area (Å²) in [6, 6.07) is 9.34. The van der Waals surface area contributed by atoms with Crippen LogP contribution in [0.3, 0.4) is 0 Å². The van der Waals surface area contributed by atoms with Crippen molar-refractivity contribution in [3.63, 3.8) is 0 Å². The Balaban J connectivity index is 1.81. The highest BCUT2D eigenvalue weighted by Gasteiger charge is 2.16. The summed E-state index contributed by atoms with van der Waals surface area (Å²) in [6.07, 6.45) is 2.40.